The van der Waals surface area contributed by atoms with Crippen LogP contribution in [0.3, 0.4) is 0 Å². The van der Waals surface area contributed by atoms with Crippen molar-refractivity contribution in [1.82, 2.24) is 0 Å². The highest BCUT2D eigenvalue weighted by molar-refractivity contribution is 6.08. The lowest BCUT2D eigenvalue weighted by atomic mass is 9.92. The molecule has 0 bridgehead atoms. The Bertz CT molecular complexity index is 759. The smallest absolute Gasteiger partial charge is 0.309 e. The molecule has 0 saturated heterocycles. The largest absolute Gasteiger partial charge is 0.466 e. The first kappa shape index (κ1) is 16.2. The van der Waals surface area contributed by atoms with Crippen molar-refractivity contribution in [3.05, 3.63) is 65.7 Å². The first-order chi connectivity index (χ1) is 11.6. The van der Waals surface area contributed by atoms with Crippen molar-refractivity contribution in [3.8, 4) is 0 Å². The molecule has 5 heteroatoms. The van der Waals surface area contributed by atoms with E-state index in [4.69, 9.17) is 4.74 Å². The molecule has 1 heterocycles. The first-order valence-electron chi connectivity index (χ1n) is 7.89. The summed E-state index contributed by atoms with van der Waals surface area (Å²) < 4.78 is 4.92. The maximum Gasteiger partial charge on any atom is 0.309 e. The molecule has 0 radical (unpaired) electrons. The van der Waals surface area contributed by atoms with Gasteiger partial charge in [0.05, 0.1) is 25.3 Å². The molecule has 1 aliphatic heterocycles. The molecule has 1 unspecified atom stereocenters. The Kier molecular flexibility index (Phi) is 4.36. The van der Waals surface area contributed by atoms with Gasteiger partial charge >= 0.3 is 5.97 Å². The molecule has 1 atom stereocenters. The van der Waals surface area contributed by atoms with E-state index in [-0.39, 0.29) is 13.0 Å². The maximum atomic E-state index is 12.9. The monoisotopic (exact) mass is 325 g/mol. The number of amides is 1. The number of benzene rings is 2. The lowest BCUT2D eigenvalue weighted by Gasteiger charge is -2.22. The van der Waals surface area contributed by atoms with Gasteiger partial charge in [0.25, 0.3) is 5.91 Å². The van der Waals surface area contributed by atoms with Gasteiger partial charge in [-0.2, -0.15) is 0 Å². The van der Waals surface area contributed by atoms with E-state index in [1.807, 2.05) is 30.3 Å². The molecular weight excluding hydrogens is 306 g/mol. The summed E-state index contributed by atoms with van der Waals surface area (Å²) in [5, 5.41) is 11.0. The molecule has 0 aliphatic carbocycles. The van der Waals surface area contributed by atoms with Crippen LogP contribution in [-0.4, -0.2) is 23.6 Å². The summed E-state index contributed by atoms with van der Waals surface area (Å²) in [5.41, 5.74) is 0.135. The van der Waals surface area contributed by atoms with Crippen molar-refractivity contribution < 1.29 is 19.4 Å². The van der Waals surface area contributed by atoms with E-state index in [1.54, 1.807) is 31.2 Å². The van der Waals surface area contributed by atoms with Gasteiger partial charge in [-0.05, 0) is 18.6 Å². The Morgan fingerprint density at radius 2 is 1.79 bits per heavy atom. The number of carbonyl (C=O) groups is 2. The summed E-state index contributed by atoms with van der Waals surface area (Å²) in [6, 6.07) is 16.5. The van der Waals surface area contributed by atoms with E-state index in [2.05, 4.69) is 0 Å². The minimum absolute atomic E-state index is 0.207. The zero-order chi connectivity index (χ0) is 17.2. The lowest BCUT2D eigenvalue weighted by Crippen LogP contribution is -2.41. The van der Waals surface area contributed by atoms with E-state index < -0.39 is 17.5 Å². The van der Waals surface area contributed by atoms with Crippen LogP contribution in [0.4, 0.5) is 5.69 Å². The molecule has 2 aromatic rings. The predicted molar refractivity (Wildman–Crippen MR) is 89.2 cm³/mol. The number of para-hydroxylation sites is 1. The van der Waals surface area contributed by atoms with Gasteiger partial charge in [-0.15, -0.1) is 0 Å². The molecule has 1 amide bonds. The third-order valence-corrected chi connectivity index (χ3v) is 4.13. The number of nitrogens with zero attached hydrogens (tertiary/aromatic N) is 1. The van der Waals surface area contributed by atoms with Crippen LogP contribution in [0.1, 0.15) is 24.5 Å². The quantitative estimate of drug-likeness (QED) is 0.857. The fourth-order valence-electron chi connectivity index (χ4n) is 3.02. The molecule has 3 rings (SSSR count). The first-order valence-corrected chi connectivity index (χ1v) is 7.89. The fraction of sp³-hybridized carbons (Fsp3) is 0.263. The molecule has 124 valence electrons. The summed E-state index contributed by atoms with van der Waals surface area (Å²) in [6.45, 7) is 2.23. The normalized spacial score (nSPS) is 19.2. The van der Waals surface area contributed by atoms with E-state index in [9.17, 15) is 14.7 Å². The number of hydrogen-bond donors (Lipinski definition) is 1. The topological polar surface area (TPSA) is 66.8 Å². The van der Waals surface area contributed by atoms with E-state index in [0.717, 1.165) is 5.56 Å². The zero-order valence-electron chi connectivity index (χ0n) is 13.4. The summed E-state index contributed by atoms with van der Waals surface area (Å²) in [5.74, 6) is -1.09. The number of rotatable bonds is 5. The van der Waals surface area contributed by atoms with Crippen molar-refractivity contribution in [2.45, 2.75) is 25.5 Å². The minimum atomic E-state index is -1.88. The Morgan fingerprint density at radius 3 is 2.50 bits per heavy atom. The standard InChI is InChI=1S/C19H19NO4/c1-2-24-17(21)12-19(23)15-10-6-7-11-16(15)20(18(19)22)13-14-8-4-3-5-9-14/h3-11,23H,2,12-13H2,1H3. The van der Waals surface area contributed by atoms with E-state index in [1.165, 1.54) is 4.90 Å². The van der Waals surface area contributed by atoms with Crippen LogP contribution < -0.4 is 4.90 Å². The highest BCUT2D eigenvalue weighted by Gasteiger charge is 2.51. The Labute approximate surface area is 140 Å². The van der Waals surface area contributed by atoms with Gasteiger partial charge in [-0.1, -0.05) is 48.5 Å². The molecule has 2 aromatic carbocycles. The molecule has 24 heavy (non-hydrogen) atoms. The second-order valence-electron chi connectivity index (χ2n) is 5.74. The maximum absolute atomic E-state index is 12.9. The average molecular weight is 325 g/mol. The van der Waals surface area contributed by atoms with Gasteiger partial charge in [-0.25, -0.2) is 0 Å². The number of esters is 1. The number of ether oxygens (including phenoxy) is 1. The van der Waals surface area contributed by atoms with Crippen LogP contribution in [0.5, 0.6) is 0 Å². The number of hydrogen-bond acceptors (Lipinski definition) is 4. The second kappa shape index (κ2) is 6.45. The summed E-state index contributed by atoms with van der Waals surface area (Å²) >= 11 is 0. The van der Waals surface area contributed by atoms with Crippen LogP contribution in [0.15, 0.2) is 54.6 Å². The summed E-state index contributed by atoms with van der Waals surface area (Å²) in [4.78, 5) is 26.3. The number of anilines is 1. The van der Waals surface area contributed by atoms with Crippen molar-refractivity contribution in [3.63, 3.8) is 0 Å². The number of aliphatic hydroxyl groups is 1. The van der Waals surface area contributed by atoms with Gasteiger partial charge in [0.1, 0.15) is 0 Å². The molecule has 1 aliphatic rings. The third-order valence-electron chi connectivity index (χ3n) is 4.13. The Hall–Kier alpha value is -2.66. The fourth-order valence-corrected chi connectivity index (χ4v) is 3.02. The van der Waals surface area contributed by atoms with Gasteiger partial charge in [0.2, 0.25) is 0 Å². The number of fused-ring (bicyclic) bond motifs is 1. The molecule has 1 N–H and O–H groups in total. The van der Waals surface area contributed by atoms with Gasteiger partial charge in [-0.3, -0.25) is 9.59 Å². The van der Waals surface area contributed by atoms with Crippen LogP contribution in [0, 0.1) is 0 Å². The van der Waals surface area contributed by atoms with Crippen molar-refractivity contribution >= 4 is 17.6 Å². The lowest BCUT2D eigenvalue weighted by molar-refractivity contribution is -0.155. The molecular formula is C19H19NO4. The van der Waals surface area contributed by atoms with Crippen LogP contribution >= 0.6 is 0 Å². The highest BCUT2D eigenvalue weighted by Crippen LogP contribution is 2.43. The Morgan fingerprint density at radius 1 is 1.12 bits per heavy atom. The minimum Gasteiger partial charge on any atom is -0.466 e. The van der Waals surface area contributed by atoms with Crippen LogP contribution in [0.25, 0.3) is 0 Å². The summed E-state index contributed by atoms with van der Waals surface area (Å²) in [7, 11) is 0. The number of carbonyl (C=O) groups excluding carboxylic acids is 2. The van der Waals surface area contributed by atoms with Gasteiger partial charge < -0.3 is 14.7 Å². The molecule has 0 fully saturated rings. The van der Waals surface area contributed by atoms with Crippen LogP contribution in [0.2, 0.25) is 0 Å². The SMILES string of the molecule is CCOC(=O)CC1(O)C(=O)N(Cc2ccccc2)c2ccccc21. The molecule has 0 aromatic heterocycles. The van der Waals surface area contributed by atoms with E-state index in [0.29, 0.717) is 17.8 Å². The van der Waals surface area contributed by atoms with Gasteiger partial charge in [0, 0.05) is 5.56 Å². The van der Waals surface area contributed by atoms with Gasteiger partial charge in [0.15, 0.2) is 5.60 Å². The Balaban J connectivity index is 1.96. The van der Waals surface area contributed by atoms with Crippen LogP contribution in [-0.2, 0) is 26.5 Å². The second-order valence-corrected chi connectivity index (χ2v) is 5.74. The predicted octanol–water partition coefficient (Wildman–Crippen LogP) is 2.37. The average Bonchev–Trinajstić information content (AvgIpc) is 2.78. The third kappa shape index (κ3) is 2.78. The summed E-state index contributed by atoms with van der Waals surface area (Å²) in [6.07, 6.45) is -0.387. The van der Waals surface area contributed by atoms with Crippen molar-refractivity contribution in [2.24, 2.45) is 0 Å². The van der Waals surface area contributed by atoms with Crippen molar-refractivity contribution in [1.29, 1.82) is 0 Å². The van der Waals surface area contributed by atoms with E-state index >= 15 is 0 Å². The van der Waals surface area contributed by atoms with Crippen molar-refractivity contribution in [2.75, 3.05) is 11.5 Å². The molecule has 5 nitrogen and oxygen atoms in total. The molecule has 0 spiro atoms. The highest BCUT2D eigenvalue weighted by atomic mass is 16.5. The molecule has 0 saturated carbocycles. The zero-order valence-corrected chi connectivity index (χ0v) is 13.4.